The normalized spacial score (nSPS) is 32.0. The molecule has 4 unspecified atom stereocenters. The highest BCUT2D eigenvalue weighted by Crippen LogP contribution is 2.47. The fourth-order valence-electron chi connectivity index (χ4n) is 4.09. The lowest BCUT2D eigenvalue weighted by Gasteiger charge is -2.27. The SMILES string of the molecule is CC(C)CCCCCCNC(=O)C1C2CCC(C2)C1N. The van der Waals surface area contributed by atoms with Crippen molar-refractivity contribution >= 4 is 5.91 Å². The summed E-state index contributed by atoms with van der Waals surface area (Å²) in [6.45, 7) is 5.39. The molecule has 3 N–H and O–H groups in total. The smallest absolute Gasteiger partial charge is 0.224 e. The number of nitrogens with two attached hydrogens (primary N) is 1. The van der Waals surface area contributed by atoms with Crippen LogP contribution in [0.5, 0.6) is 0 Å². The summed E-state index contributed by atoms with van der Waals surface area (Å²) in [5.41, 5.74) is 6.20. The molecule has 0 aromatic heterocycles. The van der Waals surface area contributed by atoms with E-state index in [9.17, 15) is 4.79 Å². The average Bonchev–Trinajstić information content (AvgIpc) is 2.97. The van der Waals surface area contributed by atoms with Gasteiger partial charge in [-0.2, -0.15) is 0 Å². The van der Waals surface area contributed by atoms with Gasteiger partial charge in [0.2, 0.25) is 5.91 Å². The number of rotatable bonds is 8. The minimum Gasteiger partial charge on any atom is -0.356 e. The molecule has 0 aliphatic heterocycles. The van der Waals surface area contributed by atoms with Gasteiger partial charge in [0.05, 0.1) is 5.92 Å². The standard InChI is InChI=1S/C17H32N2O/c1-12(2)7-5-3-4-6-10-19-17(20)15-13-8-9-14(11-13)16(15)18/h12-16H,3-11,18H2,1-2H3,(H,19,20). The van der Waals surface area contributed by atoms with Crippen LogP contribution in [0.2, 0.25) is 0 Å². The summed E-state index contributed by atoms with van der Waals surface area (Å²) in [5.74, 6) is 2.34. The first-order chi connectivity index (χ1) is 9.59. The zero-order valence-corrected chi connectivity index (χ0v) is 13.2. The zero-order chi connectivity index (χ0) is 14.5. The van der Waals surface area contributed by atoms with E-state index in [1.165, 1.54) is 44.9 Å². The Balaban J connectivity index is 1.55. The summed E-state index contributed by atoms with van der Waals surface area (Å²) in [6.07, 6.45) is 9.93. The Bertz CT molecular complexity index is 314. The second-order valence-corrected chi connectivity index (χ2v) is 7.32. The molecule has 2 bridgehead atoms. The van der Waals surface area contributed by atoms with Gasteiger partial charge in [-0.05, 0) is 43.4 Å². The molecule has 0 radical (unpaired) electrons. The summed E-state index contributed by atoms with van der Waals surface area (Å²) in [4.78, 5) is 12.2. The molecule has 0 aromatic rings. The van der Waals surface area contributed by atoms with Gasteiger partial charge in [0.1, 0.15) is 0 Å². The van der Waals surface area contributed by atoms with Crippen molar-refractivity contribution in [2.45, 2.75) is 71.3 Å². The Labute approximate surface area is 124 Å². The van der Waals surface area contributed by atoms with E-state index >= 15 is 0 Å². The van der Waals surface area contributed by atoms with Gasteiger partial charge in [0.15, 0.2) is 0 Å². The predicted octanol–water partition coefficient (Wildman–Crippen LogP) is 3.08. The molecule has 116 valence electrons. The molecule has 4 atom stereocenters. The third kappa shape index (κ3) is 3.97. The zero-order valence-electron chi connectivity index (χ0n) is 13.2. The number of hydrogen-bond acceptors (Lipinski definition) is 2. The molecule has 2 aliphatic carbocycles. The summed E-state index contributed by atoms with van der Waals surface area (Å²) >= 11 is 0. The lowest BCUT2D eigenvalue weighted by Crippen LogP contribution is -2.45. The maximum atomic E-state index is 12.2. The van der Waals surface area contributed by atoms with E-state index in [-0.39, 0.29) is 17.9 Å². The van der Waals surface area contributed by atoms with E-state index in [0.29, 0.717) is 11.8 Å². The Hall–Kier alpha value is -0.570. The molecule has 0 spiro atoms. The predicted molar refractivity (Wildman–Crippen MR) is 83.2 cm³/mol. The fraction of sp³-hybridized carbons (Fsp3) is 0.941. The van der Waals surface area contributed by atoms with Crippen molar-refractivity contribution in [2.24, 2.45) is 29.4 Å². The van der Waals surface area contributed by atoms with E-state index in [0.717, 1.165) is 18.9 Å². The maximum Gasteiger partial charge on any atom is 0.224 e. The third-order valence-electron chi connectivity index (χ3n) is 5.29. The number of nitrogens with one attached hydrogen (secondary N) is 1. The molecule has 2 fully saturated rings. The Morgan fingerprint density at radius 1 is 1.15 bits per heavy atom. The maximum absolute atomic E-state index is 12.2. The molecule has 0 saturated heterocycles. The number of hydrogen-bond donors (Lipinski definition) is 2. The summed E-state index contributed by atoms with van der Waals surface area (Å²) < 4.78 is 0. The van der Waals surface area contributed by atoms with Crippen LogP contribution >= 0.6 is 0 Å². The summed E-state index contributed by atoms with van der Waals surface area (Å²) in [5, 5.41) is 3.12. The van der Waals surface area contributed by atoms with Gasteiger partial charge in [-0.3, -0.25) is 4.79 Å². The highest BCUT2D eigenvalue weighted by atomic mass is 16.1. The van der Waals surface area contributed by atoms with Gasteiger partial charge in [-0.15, -0.1) is 0 Å². The van der Waals surface area contributed by atoms with Crippen molar-refractivity contribution in [1.82, 2.24) is 5.32 Å². The van der Waals surface area contributed by atoms with Crippen molar-refractivity contribution in [2.75, 3.05) is 6.54 Å². The van der Waals surface area contributed by atoms with Gasteiger partial charge in [0.25, 0.3) is 0 Å². The van der Waals surface area contributed by atoms with Crippen LogP contribution in [0.15, 0.2) is 0 Å². The molecule has 2 rings (SSSR count). The highest BCUT2D eigenvalue weighted by Gasteiger charge is 2.48. The van der Waals surface area contributed by atoms with Crippen LogP contribution in [-0.4, -0.2) is 18.5 Å². The van der Waals surface area contributed by atoms with Crippen molar-refractivity contribution in [3.63, 3.8) is 0 Å². The molecule has 20 heavy (non-hydrogen) atoms. The van der Waals surface area contributed by atoms with E-state index in [1.54, 1.807) is 0 Å². The molecular formula is C17H32N2O. The van der Waals surface area contributed by atoms with Crippen LogP contribution in [0.3, 0.4) is 0 Å². The van der Waals surface area contributed by atoms with E-state index in [1.807, 2.05) is 0 Å². The number of fused-ring (bicyclic) bond motifs is 2. The topological polar surface area (TPSA) is 55.1 Å². The first kappa shape index (κ1) is 15.8. The van der Waals surface area contributed by atoms with E-state index in [2.05, 4.69) is 19.2 Å². The first-order valence-corrected chi connectivity index (χ1v) is 8.63. The molecule has 0 aromatic carbocycles. The van der Waals surface area contributed by atoms with Crippen LogP contribution < -0.4 is 11.1 Å². The first-order valence-electron chi connectivity index (χ1n) is 8.63. The quantitative estimate of drug-likeness (QED) is 0.671. The average molecular weight is 280 g/mol. The minimum absolute atomic E-state index is 0.106. The molecule has 1 amide bonds. The number of unbranched alkanes of at least 4 members (excludes halogenated alkanes) is 3. The Kier molecular flexibility index (Phi) is 5.88. The number of amides is 1. The number of carbonyl (C=O) groups is 1. The lowest BCUT2D eigenvalue weighted by molar-refractivity contribution is -0.127. The summed E-state index contributed by atoms with van der Waals surface area (Å²) in [6, 6.07) is 0.125. The fourth-order valence-corrected chi connectivity index (χ4v) is 4.09. The second kappa shape index (κ2) is 7.44. The van der Waals surface area contributed by atoms with Crippen LogP contribution in [0.4, 0.5) is 0 Å². The molecule has 2 aliphatic rings. The van der Waals surface area contributed by atoms with Crippen molar-refractivity contribution in [3.05, 3.63) is 0 Å². The Morgan fingerprint density at radius 2 is 1.85 bits per heavy atom. The van der Waals surface area contributed by atoms with E-state index < -0.39 is 0 Å². The van der Waals surface area contributed by atoms with Gasteiger partial charge in [-0.25, -0.2) is 0 Å². The van der Waals surface area contributed by atoms with Crippen LogP contribution in [0, 0.1) is 23.7 Å². The van der Waals surface area contributed by atoms with Crippen LogP contribution in [-0.2, 0) is 4.79 Å². The van der Waals surface area contributed by atoms with Crippen molar-refractivity contribution in [1.29, 1.82) is 0 Å². The van der Waals surface area contributed by atoms with Crippen LogP contribution in [0.25, 0.3) is 0 Å². The molecular weight excluding hydrogens is 248 g/mol. The summed E-state index contributed by atoms with van der Waals surface area (Å²) in [7, 11) is 0. The largest absolute Gasteiger partial charge is 0.356 e. The monoisotopic (exact) mass is 280 g/mol. The van der Waals surface area contributed by atoms with Gasteiger partial charge < -0.3 is 11.1 Å². The van der Waals surface area contributed by atoms with Gasteiger partial charge in [0, 0.05) is 12.6 Å². The van der Waals surface area contributed by atoms with E-state index in [4.69, 9.17) is 5.73 Å². The Morgan fingerprint density at radius 3 is 2.50 bits per heavy atom. The van der Waals surface area contributed by atoms with Gasteiger partial charge in [-0.1, -0.05) is 39.5 Å². The number of carbonyl (C=O) groups excluding carboxylic acids is 1. The highest BCUT2D eigenvalue weighted by molar-refractivity contribution is 5.80. The lowest BCUT2D eigenvalue weighted by atomic mass is 9.84. The minimum atomic E-state index is 0.106. The van der Waals surface area contributed by atoms with Crippen molar-refractivity contribution in [3.8, 4) is 0 Å². The van der Waals surface area contributed by atoms with Crippen LogP contribution in [0.1, 0.15) is 65.2 Å². The second-order valence-electron chi connectivity index (χ2n) is 7.32. The molecule has 2 saturated carbocycles. The van der Waals surface area contributed by atoms with Gasteiger partial charge >= 0.3 is 0 Å². The third-order valence-corrected chi connectivity index (χ3v) is 5.29. The van der Waals surface area contributed by atoms with Crippen molar-refractivity contribution < 1.29 is 4.79 Å². The molecule has 3 nitrogen and oxygen atoms in total. The molecule has 3 heteroatoms. The molecule has 0 heterocycles.